The first-order chi connectivity index (χ1) is 9.61. The van der Waals surface area contributed by atoms with Crippen molar-refractivity contribution in [3.05, 3.63) is 23.8 Å². The lowest BCUT2D eigenvalue weighted by Crippen LogP contribution is -2.45. The molecule has 1 atom stereocenters. The molecule has 6 heteroatoms. The van der Waals surface area contributed by atoms with Gasteiger partial charge in [0.15, 0.2) is 0 Å². The van der Waals surface area contributed by atoms with Crippen molar-refractivity contribution in [2.75, 3.05) is 40.4 Å². The predicted octanol–water partition coefficient (Wildman–Crippen LogP) is 0.461. The van der Waals surface area contributed by atoms with Gasteiger partial charge in [-0.2, -0.15) is 0 Å². The first-order valence-corrected chi connectivity index (χ1v) is 6.56. The summed E-state index contributed by atoms with van der Waals surface area (Å²) in [5, 5.41) is 13.1. The van der Waals surface area contributed by atoms with Gasteiger partial charge in [-0.15, -0.1) is 0 Å². The first-order valence-electron chi connectivity index (χ1n) is 6.56. The second-order valence-electron chi connectivity index (χ2n) is 4.77. The van der Waals surface area contributed by atoms with Crippen LogP contribution in [0, 0.1) is 0 Å². The van der Waals surface area contributed by atoms with E-state index in [4.69, 9.17) is 9.47 Å². The molecular weight excluding hydrogens is 260 g/mol. The molecule has 2 N–H and O–H groups in total. The number of benzene rings is 1. The lowest BCUT2D eigenvalue weighted by Gasteiger charge is -2.28. The summed E-state index contributed by atoms with van der Waals surface area (Å²) in [5.74, 6) is 0.199. The lowest BCUT2D eigenvalue weighted by atomic mass is 10.1. The van der Waals surface area contributed by atoms with Gasteiger partial charge < -0.3 is 24.8 Å². The van der Waals surface area contributed by atoms with Gasteiger partial charge in [0.05, 0.1) is 25.4 Å². The number of nitrogens with zero attached hydrogens (tertiary/aromatic N) is 1. The number of hydrogen-bond donors (Lipinski definition) is 2. The minimum absolute atomic E-state index is 0.0157. The fourth-order valence-electron chi connectivity index (χ4n) is 2.15. The highest BCUT2D eigenvalue weighted by Crippen LogP contribution is 2.24. The third kappa shape index (κ3) is 3.40. The molecule has 0 aromatic heterocycles. The van der Waals surface area contributed by atoms with Gasteiger partial charge in [0.1, 0.15) is 11.5 Å². The van der Waals surface area contributed by atoms with E-state index in [0.717, 1.165) is 13.1 Å². The van der Waals surface area contributed by atoms with Crippen molar-refractivity contribution in [2.24, 2.45) is 0 Å². The molecule has 2 rings (SSSR count). The molecule has 1 aromatic carbocycles. The molecule has 1 saturated heterocycles. The smallest absolute Gasteiger partial charge is 0.257 e. The van der Waals surface area contributed by atoms with Crippen LogP contribution in [0.2, 0.25) is 0 Å². The number of rotatable bonds is 4. The summed E-state index contributed by atoms with van der Waals surface area (Å²) in [6.07, 6.45) is -0.0157. The molecule has 0 saturated carbocycles. The third-order valence-electron chi connectivity index (χ3n) is 3.26. The molecule has 1 aliphatic rings. The molecule has 1 aromatic rings. The molecule has 1 heterocycles. The number of hydrogen-bond acceptors (Lipinski definition) is 5. The first kappa shape index (κ1) is 14.6. The van der Waals surface area contributed by atoms with Gasteiger partial charge in [0, 0.05) is 32.7 Å². The van der Waals surface area contributed by atoms with Gasteiger partial charge in [0.25, 0.3) is 5.91 Å². The SMILES string of the molecule is COc1ccc(C(=O)N(C)CC2CNCCO2)c(O)c1. The molecule has 1 amide bonds. The number of ether oxygens (including phenoxy) is 2. The number of phenols is 1. The lowest BCUT2D eigenvalue weighted by molar-refractivity contribution is 0.0103. The Hall–Kier alpha value is -1.79. The van der Waals surface area contributed by atoms with Crippen LogP contribution in [0.1, 0.15) is 10.4 Å². The van der Waals surface area contributed by atoms with Crippen LogP contribution in [0.15, 0.2) is 18.2 Å². The molecule has 1 unspecified atom stereocenters. The van der Waals surface area contributed by atoms with Crippen molar-refractivity contribution in [3.63, 3.8) is 0 Å². The van der Waals surface area contributed by atoms with Crippen LogP contribution in [0.5, 0.6) is 11.5 Å². The number of amides is 1. The summed E-state index contributed by atoms with van der Waals surface area (Å²) in [6.45, 7) is 2.71. The Balaban J connectivity index is 2.02. The number of methoxy groups -OCH3 is 1. The molecule has 1 fully saturated rings. The molecular formula is C14H20N2O4. The molecule has 20 heavy (non-hydrogen) atoms. The largest absolute Gasteiger partial charge is 0.507 e. The normalized spacial score (nSPS) is 18.6. The van der Waals surface area contributed by atoms with E-state index < -0.39 is 0 Å². The summed E-state index contributed by atoms with van der Waals surface area (Å²) in [4.78, 5) is 13.8. The standard InChI is InChI=1S/C14H20N2O4/c1-16(9-11-8-15-5-6-20-11)14(18)12-4-3-10(19-2)7-13(12)17/h3-4,7,11,15,17H,5-6,8-9H2,1-2H3. The minimum Gasteiger partial charge on any atom is -0.507 e. The van der Waals surface area contributed by atoms with Crippen molar-refractivity contribution in [3.8, 4) is 11.5 Å². The summed E-state index contributed by atoms with van der Waals surface area (Å²) in [5.41, 5.74) is 0.261. The fourth-order valence-corrected chi connectivity index (χ4v) is 2.15. The molecule has 0 bridgehead atoms. The van der Waals surface area contributed by atoms with Crippen LogP contribution in [0.4, 0.5) is 0 Å². The van der Waals surface area contributed by atoms with E-state index in [1.807, 2.05) is 0 Å². The van der Waals surface area contributed by atoms with E-state index in [1.54, 1.807) is 24.1 Å². The van der Waals surface area contributed by atoms with E-state index in [1.165, 1.54) is 13.2 Å². The number of carbonyl (C=O) groups excluding carboxylic acids is 1. The molecule has 6 nitrogen and oxygen atoms in total. The summed E-state index contributed by atoms with van der Waals surface area (Å²) in [6, 6.07) is 4.65. The number of phenolic OH excluding ortho intramolecular Hbond substituents is 1. The van der Waals surface area contributed by atoms with Crippen LogP contribution in [-0.2, 0) is 4.74 Å². The van der Waals surface area contributed by atoms with Gasteiger partial charge in [0.2, 0.25) is 0 Å². The van der Waals surface area contributed by atoms with Crippen LogP contribution >= 0.6 is 0 Å². The van der Waals surface area contributed by atoms with E-state index in [2.05, 4.69) is 5.32 Å². The molecule has 110 valence electrons. The Morgan fingerprint density at radius 1 is 1.60 bits per heavy atom. The van der Waals surface area contributed by atoms with Crippen molar-refractivity contribution in [2.45, 2.75) is 6.10 Å². The van der Waals surface area contributed by atoms with E-state index in [0.29, 0.717) is 18.9 Å². The minimum atomic E-state index is -0.237. The molecule has 0 spiro atoms. The zero-order valence-corrected chi connectivity index (χ0v) is 11.8. The van der Waals surface area contributed by atoms with Crippen LogP contribution in [0.3, 0.4) is 0 Å². The Morgan fingerprint density at radius 3 is 3.00 bits per heavy atom. The zero-order chi connectivity index (χ0) is 14.5. The molecule has 0 aliphatic carbocycles. The second-order valence-corrected chi connectivity index (χ2v) is 4.77. The highest BCUT2D eigenvalue weighted by molar-refractivity contribution is 5.96. The number of carbonyl (C=O) groups is 1. The Morgan fingerprint density at radius 2 is 2.40 bits per heavy atom. The van der Waals surface area contributed by atoms with Gasteiger partial charge >= 0.3 is 0 Å². The van der Waals surface area contributed by atoms with Gasteiger partial charge in [-0.05, 0) is 12.1 Å². The maximum atomic E-state index is 12.3. The second kappa shape index (κ2) is 6.58. The topological polar surface area (TPSA) is 71.0 Å². The predicted molar refractivity (Wildman–Crippen MR) is 74.2 cm³/mol. The molecule has 0 radical (unpaired) electrons. The van der Waals surface area contributed by atoms with Gasteiger partial charge in [-0.25, -0.2) is 0 Å². The summed E-state index contributed by atoms with van der Waals surface area (Å²) in [7, 11) is 3.21. The van der Waals surface area contributed by atoms with E-state index in [9.17, 15) is 9.90 Å². The fraction of sp³-hybridized carbons (Fsp3) is 0.500. The highest BCUT2D eigenvalue weighted by Gasteiger charge is 2.21. The van der Waals surface area contributed by atoms with Gasteiger partial charge in [-0.1, -0.05) is 0 Å². The van der Waals surface area contributed by atoms with Crippen LogP contribution < -0.4 is 10.1 Å². The number of aromatic hydroxyl groups is 1. The highest BCUT2D eigenvalue weighted by atomic mass is 16.5. The summed E-state index contributed by atoms with van der Waals surface area (Å²) < 4.78 is 10.6. The number of likely N-dealkylation sites (N-methyl/N-ethyl adjacent to an activating group) is 1. The third-order valence-corrected chi connectivity index (χ3v) is 3.26. The maximum Gasteiger partial charge on any atom is 0.257 e. The van der Waals surface area contributed by atoms with Crippen molar-refractivity contribution in [1.29, 1.82) is 0 Å². The average molecular weight is 280 g/mol. The Kier molecular flexibility index (Phi) is 4.81. The van der Waals surface area contributed by atoms with Crippen molar-refractivity contribution >= 4 is 5.91 Å². The van der Waals surface area contributed by atoms with Gasteiger partial charge in [-0.3, -0.25) is 4.79 Å². The monoisotopic (exact) mass is 280 g/mol. The summed E-state index contributed by atoms with van der Waals surface area (Å²) >= 11 is 0. The molecule has 1 aliphatic heterocycles. The number of morpholine rings is 1. The quantitative estimate of drug-likeness (QED) is 0.838. The zero-order valence-electron chi connectivity index (χ0n) is 11.8. The Bertz CT molecular complexity index is 472. The van der Waals surface area contributed by atoms with Crippen LogP contribution in [0.25, 0.3) is 0 Å². The van der Waals surface area contributed by atoms with Crippen molar-refractivity contribution in [1.82, 2.24) is 10.2 Å². The van der Waals surface area contributed by atoms with Crippen molar-refractivity contribution < 1.29 is 19.4 Å². The average Bonchev–Trinajstić information content (AvgIpc) is 2.47. The van der Waals surface area contributed by atoms with Crippen LogP contribution in [-0.4, -0.2) is 62.4 Å². The maximum absolute atomic E-state index is 12.3. The van der Waals surface area contributed by atoms with E-state index >= 15 is 0 Å². The van der Waals surface area contributed by atoms with E-state index in [-0.39, 0.29) is 23.3 Å². The Labute approximate surface area is 118 Å². The number of nitrogens with one attached hydrogen (secondary N) is 1.